The van der Waals surface area contributed by atoms with Crippen molar-refractivity contribution in [2.75, 3.05) is 0 Å². The summed E-state index contributed by atoms with van der Waals surface area (Å²) in [5.74, 6) is 2.37. The summed E-state index contributed by atoms with van der Waals surface area (Å²) in [6.07, 6.45) is 0. The zero-order valence-electron chi connectivity index (χ0n) is 18.5. The summed E-state index contributed by atoms with van der Waals surface area (Å²) in [6, 6.07) is 24.2. The Morgan fingerprint density at radius 2 is 1.14 bits per heavy atom. The van der Waals surface area contributed by atoms with Crippen LogP contribution in [0.15, 0.2) is 48.5 Å². The summed E-state index contributed by atoms with van der Waals surface area (Å²) < 4.78 is 0. The second-order valence-corrected chi connectivity index (χ2v) is 22.4. The van der Waals surface area contributed by atoms with Crippen molar-refractivity contribution in [2.24, 2.45) is 17.8 Å². The van der Waals surface area contributed by atoms with Gasteiger partial charge in [-0.15, -0.1) is 0 Å². The van der Waals surface area contributed by atoms with Gasteiger partial charge in [-0.1, -0.05) is 129 Å². The molecule has 2 aromatic rings. The van der Waals surface area contributed by atoms with Crippen LogP contribution in [0.2, 0.25) is 18.1 Å². The van der Waals surface area contributed by atoms with Gasteiger partial charge in [-0.05, 0) is 17.8 Å². The third kappa shape index (κ3) is 5.68. The minimum absolute atomic E-state index is 0.515. The van der Waals surface area contributed by atoms with Crippen LogP contribution in [0.4, 0.5) is 0 Å². The second-order valence-electron chi connectivity index (χ2n) is 9.52. The summed E-state index contributed by atoms with van der Waals surface area (Å²) in [4.78, 5) is 0. The summed E-state index contributed by atoms with van der Waals surface area (Å²) in [5, 5.41) is 6.82. The molecule has 0 aliphatic carbocycles. The van der Waals surface area contributed by atoms with Crippen LogP contribution in [0.3, 0.4) is 0 Å². The Morgan fingerprint density at radius 1 is 0.643 bits per heavy atom. The second kappa shape index (κ2) is 9.87. The molecule has 28 heavy (non-hydrogen) atoms. The first-order chi connectivity index (χ1) is 13.3. The van der Waals surface area contributed by atoms with Crippen molar-refractivity contribution < 1.29 is 0 Å². The first-order valence-corrected chi connectivity index (χ1v) is 19.0. The van der Waals surface area contributed by atoms with E-state index in [-0.39, 0.29) is 0 Å². The van der Waals surface area contributed by atoms with Crippen molar-refractivity contribution in [3.8, 4) is 0 Å². The molecule has 0 nitrogen and oxygen atoms in total. The van der Waals surface area contributed by atoms with E-state index in [0.29, 0.717) is 0 Å². The number of hydrogen-bond acceptors (Lipinski definition) is 0. The SMILES string of the molecule is CC(C)C[Si]1[Si]c2cccc(c2)[Si](CC(C)C)[Si](CC(C)C)c2cccc1c2. The maximum absolute atomic E-state index is 2.69. The first-order valence-electron chi connectivity index (χ1n) is 10.9. The molecule has 0 spiro atoms. The van der Waals surface area contributed by atoms with Gasteiger partial charge in [-0.2, -0.15) is 0 Å². The molecule has 0 atom stereocenters. The maximum Gasteiger partial charge on any atom is 0.0810 e. The Morgan fingerprint density at radius 3 is 1.71 bits per heavy atom. The van der Waals surface area contributed by atoms with E-state index in [0.717, 1.165) is 26.8 Å². The number of fused-ring (bicyclic) bond motifs is 4. The van der Waals surface area contributed by atoms with E-state index in [4.69, 9.17) is 0 Å². The standard InChI is InChI=1S/C24H35Si4/c1-18(2)15-26-22-10-8-12-24(14-22)28(17-20(5)6)27(16-19(3)4)23-11-7-9-21(13-23)25-26/h7-14,18-20H,15-17H2,1-6H3. The third-order valence-electron chi connectivity index (χ3n) is 5.27. The molecule has 0 aromatic heterocycles. The molecule has 4 heteroatoms. The predicted octanol–water partition coefficient (Wildman–Crippen LogP) is 3.38. The number of hydrogen-bond donors (Lipinski definition) is 0. The van der Waals surface area contributed by atoms with Gasteiger partial charge in [0.25, 0.3) is 0 Å². The van der Waals surface area contributed by atoms with Gasteiger partial charge in [0.05, 0.1) is 34.0 Å². The Labute approximate surface area is 180 Å². The van der Waals surface area contributed by atoms with Crippen LogP contribution in [0, 0.1) is 17.8 Å². The third-order valence-corrected chi connectivity index (χ3v) is 22.0. The van der Waals surface area contributed by atoms with Gasteiger partial charge in [-0.3, -0.25) is 0 Å². The van der Waals surface area contributed by atoms with Gasteiger partial charge < -0.3 is 0 Å². The highest BCUT2D eigenvalue weighted by atomic mass is 29.2. The highest BCUT2D eigenvalue weighted by molar-refractivity contribution is 7.33. The molecule has 5 radical (unpaired) electrons. The van der Waals surface area contributed by atoms with Crippen LogP contribution < -0.4 is 20.7 Å². The summed E-state index contributed by atoms with van der Waals surface area (Å²) in [7, 11) is -0.596. The monoisotopic (exact) mass is 435 g/mol. The normalized spacial score (nSPS) is 16.3. The molecule has 0 unspecified atom stereocenters. The van der Waals surface area contributed by atoms with E-state index >= 15 is 0 Å². The van der Waals surface area contributed by atoms with Crippen molar-refractivity contribution in [3.05, 3.63) is 48.5 Å². The van der Waals surface area contributed by atoms with Gasteiger partial charge in [-0.25, -0.2) is 0 Å². The average molecular weight is 436 g/mol. The molecule has 4 bridgehead atoms. The summed E-state index contributed by atoms with van der Waals surface area (Å²) in [6.45, 7) is 14.5. The summed E-state index contributed by atoms with van der Waals surface area (Å²) in [5.41, 5.74) is 0. The fourth-order valence-corrected chi connectivity index (χ4v) is 22.6. The molecule has 1 heterocycles. The molecule has 0 fully saturated rings. The van der Waals surface area contributed by atoms with E-state index in [1.54, 1.807) is 20.7 Å². The zero-order valence-corrected chi connectivity index (χ0v) is 22.5. The van der Waals surface area contributed by atoms with Crippen molar-refractivity contribution in [2.45, 2.75) is 59.7 Å². The molecule has 0 saturated carbocycles. The Hall–Kier alpha value is -0.692. The molecule has 2 aromatic carbocycles. The first kappa shape index (κ1) is 22.0. The fourth-order valence-electron chi connectivity index (χ4n) is 4.15. The van der Waals surface area contributed by atoms with Crippen LogP contribution in [0.1, 0.15) is 41.5 Å². The highest BCUT2D eigenvalue weighted by Gasteiger charge is 2.32. The molecule has 0 amide bonds. The van der Waals surface area contributed by atoms with Crippen molar-refractivity contribution in [3.63, 3.8) is 0 Å². The molecule has 0 N–H and O–H groups in total. The van der Waals surface area contributed by atoms with Crippen molar-refractivity contribution >= 4 is 54.7 Å². The summed E-state index contributed by atoms with van der Waals surface area (Å²) >= 11 is 0. The lowest BCUT2D eigenvalue weighted by Gasteiger charge is -2.30. The topological polar surface area (TPSA) is 0 Å². The Bertz CT molecular complexity index is 769. The minimum Gasteiger partial charge on any atom is -0.0672 e. The van der Waals surface area contributed by atoms with Gasteiger partial charge in [0.15, 0.2) is 0 Å². The molecular weight excluding hydrogens is 401 g/mol. The zero-order chi connectivity index (χ0) is 20.3. The molecule has 1 aliphatic rings. The lowest BCUT2D eigenvalue weighted by molar-refractivity contribution is 0.722. The Balaban J connectivity index is 2.14. The van der Waals surface area contributed by atoms with Gasteiger partial charge in [0.1, 0.15) is 0 Å². The average Bonchev–Trinajstić information content (AvgIpc) is 2.63. The molecule has 0 saturated heterocycles. The van der Waals surface area contributed by atoms with Crippen LogP contribution >= 0.6 is 0 Å². The maximum atomic E-state index is 2.69. The van der Waals surface area contributed by atoms with E-state index in [9.17, 15) is 0 Å². The van der Waals surface area contributed by atoms with Gasteiger partial charge in [0.2, 0.25) is 0 Å². The highest BCUT2D eigenvalue weighted by Crippen LogP contribution is 2.16. The lowest BCUT2D eigenvalue weighted by Crippen LogP contribution is -2.57. The molecular formula is C24H35Si4. The number of benzene rings is 2. The van der Waals surface area contributed by atoms with Crippen LogP contribution in [-0.2, 0) is 0 Å². The Kier molecular flexibility index (Phi) is 7.76. The fraction of sp³-hybridized carbons (Fsp3) is 0.500. The van der Waals surface area contributed by atoms with Crippen LogP contribution in [-0.4, -0.2) is 34.0 Å². The van der Waals surface area contributed by atoms with Crippen LogP contribution in [0.5, 0.6) is 0 Å². The number of rotatable bonds is 6. The van der Waals surface area contributed by atoms with E-state index in [1.807, 2.05) is 0 Å². The van der Waals surface area contributed by atoms with Crippen molar-refractivity contribution in [1.29, 1.82) is 0 Å². The van der Waals surface area contributed by atoms with Crippen LogP contribution in [0.25, 0.3) is 0 Å². The molecule has 1 aliphatic heterocycles. The predicted molar refractivity (Wildman–Crippen MR) is 133 cm³/mol. The quantitative estimate of drug-likeness (QED) is 0.610. The van der Waals surface area contributed by atoms with Gasteiger partial charge in [0, 0.05) is 0 Å². The largest absolute Gasteiger partial charge is 0.0810 e. The minimum atomic E-state index is -0.542. The van der Waals surface area contributed by atoms with E-state index in [1.165, 1.54) is 18.1 Å². The van der Waals surface area contributed by atoms with E-state index < -0.39 is 24.9 Å². The van der Waals surface area contributed by atoms with Gasteiger partial charge >= 0.3 is 0 Å². The van der Waals surface area contributed by atoms with E-state index in [2.05, 4.69) is 90.1 Å². The molecule has 147 valence electrons. The smallest absolute Gasteiger partial charge is 0.0672 e. The van der Waals surface area contributed by atoms with Crippen molar-refractivity contribution in [1.82, 2.24) is 0 Å². The molecule has 3 rings (SSSR count). The lowest BCUT2D eigenvalue weighted by atomic mass is 10.3.